The van der Waals surface area contributed by atoms with E-state index in [1.165, 1.54) is 0 Å². The minimum Gasteiger partial charge on any atom is -0.383 e. The van der Waals surface area contributed by atoms with Crippen molar-refractivity contribution >= 4 is 11.6 Å². The zero-order valence-corrected chi connectivity index (χ0v) is 10.4. The smallest absolute Gasteiger partial charge is 0.132 e. The van der Waals surface area contributed by atoms with Crippen LogP contribution in [-0.4, -0.2) is 36.8 Å². The molecule has 1 unspecified atom stereocenters. The van der Waals surface area contributed by atoms with Crippen molar-refractivity contribution in [3.63, 3.8) is 0 Å². The molecule has 1 heterocycles. The first kappa shape index (κ1) is 12.7. The molecule has 1 atom stereocenters. The van der Waals surface area contributed by atoms with E-state index in [9.17, 15) is 0 Å². The van der Waals surface area contributed by atoms with Gasteiger partial charge in [0, 0.05) is 32.7 Å². The van der Waals surface area contributed by atoms with Crippen LogP contribution in [0.1, 0.15) is 19.7 Å². The summed E-state index contributed by atoms with van der Waals surface area (Å²) in [4.78, 5) is 8.73. The molecule has 0 aromatic carbocycles. The van der Waals surface area contributed by atoms with E-state index < -0.39 is 0 Å². The quantitative estimate of drug-likeness (QED) is 0.767. The number of nitrogens with one attached hydrogen (secondary N) is 2. The van der Waals surface area contributed by atoms with E-state index in [-0.39, 0.29) is 6.04 Å². The van der Waals surface area contributed by atoms with Gasteiger partial charge in [0.2, 0.25) is 0 Å². The Kier molecular flexibility index (Phi) is 4.98. The van der Waals surface area contributed by atoms with Crippen LogP contribution in [-0.2, 0) is 11.2 Å². The maximum Gasteiger partial charge on any atom is 0.132 e. The fourth-order valence-electron chi connectivity index (χ4n) is 1.40. The van der Waals surface area contributed by atoms with Crippen LogP contribution in [0.5, 0.6) is 0 Å². The van der Waals surface area contributed by atoms with Gasteiger partial charge in [-0.15, -0.1) is 0 Å². The van der Waals surface area contributed by atoms with E-state index in [0.29, 0.717) is 6.61 Å². The predicted octanol–water partition coefficient (Wildman–Crippen LogP) is 1.53. The van der Waals surface area contributed by atoms with Crippen LogP contribution in [0, 0.1) is 0 Å². The fourth-order valence-corrected chi connectivity index (χ4v) is 1.40. The summed E-state index contributed by atoms with van der Waals surface area (Å²) in [5, 5.41) is 6.30. The second-order valence-corrected chi connectivity index (χ2v) is 3.66. The first-order valence-corrected chi connectivity index (χ1v) is 5.50. The molecule has 90 valence electrons. The maximum absolute atomic E-state index is 5.07. The molecule has 0 saturated carbocycles. The molecule has 2 N–H and O–H groups in total. The van der Waals surface area contributed by atoms with Gasteiger partial charge in [0.25, 0.3) is 0 Å². The minimum absolute atomic E-state index is 0.231. The lowest BCUT2D eigenvalue weighted by atomic mass is 10.3. The summed E-state index contributed by atoms with van der Waals surface area (Å²) in [6, 6.07) is 2.13. The van der Waals surface area contributed by atoms with Crippen LogP contribution < -0.4 is 10.6 Å². The van der Waals surface area contributed by atoms with Crippen molar-refractivity contribution in [3.05, 3.63) is 11.9 Å². The van der Waals surface area contributed by atoms with Crippen molar-refractivity contribution < 1.29 is 4.74 Å². The number of methoxy groups -OCH3 is 1. The lowest BCUT2D eigenvalue weighted by Gasteiger charge is -2.14. The molecule has 5 heteroatoms. The molecule has 0 aliphatic carbocycles. The summed E-state index contributed by atoms with van der Waals surface area (Å²) in [6.07, 6.45) is 0.822. The summed E-state index contributed by atoms with van der Waals surface area (Å²) >= 11 is 0. The van der Waals surface area contributed by atoms with E-state index >= 15 is 0 Å². The molecule has 1 aromatic heterocycles. The average molecular weight is 224 g/mol. The first-order chi connectivity index (χ1) is 7.69. The molecule has 5 nitrogen and oxygen atoms in total. The molecule has 0 radical (unpaired) electrons. The SMILES string of the molecule is CCc1nc(NC)cc(NC(C)COC)n1. The summed E-state index contributed by atoms with van der Waals surface area (Å²) in [5.74, 6) is 2.50. The Labute approximate surface area is 96.6 Å². The van der Waals surface area contributed by atoms with E-state index in [0.717, 1.165) is 23.9 Å². The summed E-state index contributed by atoms with van der Waals surface area (Å²) in [6.45, 7) is 4.74. The molecule has 16 heavy (non-hydrogen) atoms. The lowest BCUT2D eigenvalue weighted by molar-refractivity contribution is 0.190. The highest BCUT2D eigenvalue weighted by molar-refractivity contribution is 5.47. The number of aromatic nitrogens is 2. The van der Waals surface area contributed by atoms with Crippen molar-refractivity contribution in [1.29, 1.82) is 0 Å². The third-order valence-electron chi connectivity index (χ3n) is 2.16. The Bertz CT molecular complexity index is 308. The van der Waals surface area contributed by atoms with Gasteiger partial charge in [-0.05, 0) is 6.92 Å². The zero-order valence-electron chi connectivity index (χ0n) is 10.4. The van der Waals surface area contributed by atoms with Gasteiger partial charge in [0.1, 0.15) is 17.5 Å². The highest BCUT2D eigenvalue weighted by atomic mass is 16.5. The van der Waals surface area contributed by atoms with Crippen LogP contribution in [0.25, 0.3) is 0 Å². The topological polar surface area (TPSA) is 59.1 Å². The zero-order chi connectivity index (χ0) is 12.0. The van der Waals surface area contributed by atoms with E-state index in [1.54, 1.807) is 7.11 Å². The van der Waals surface area contributed by atoms with Crippen LogP contribution >= 0.6 is 0 Å². The highest BCUT2D eigenvalue weighted by Gasteiger charge is 2.05. The van der Waals surface area contributed by atoms with Gasteiger partial charge in [0.05, 0.1) is 6.61 Å². The second-order valence-electron chi connectivity index (χ2n) is 3.66. The number of aryl methyl sites for hydroxylation is 1. The molecule has 0 aliphatic heterocycles. The molecular formula is C11H20N4O. The number of nitrogens with zero attached hydrogens (tertiary/aromatic N) is 2. The van der Waals surface area contributed by atoms with Gasteiger partial charge >= 0.3 is 0 Å². The molecule has 0 amide bonds. The van der Waals surface area contributed by atoms with Crippen LogP contribution in [0.3, 0.4) is 0 Å². The molecule has 1 rings (SSSR count). The molecule has 0 spiro atoms. The van der Waals surface area contributed by atoms with Gasteiger partial charge in [0.15, 0.2) is 0 Å². The predicted molar refractivity (Wildman–Crippen MR) is 65.9 cm³/mol. The van der Waals surface area contributed by atoms with Crippen molar-refractivity contribution in [2.45, 2.75) is 26.3 Å². The van der Waals surface area contributed by atoms with Crippen LogP contribution in [0.15, 0.2) is 6.07 Å². The number of ether oxygens (including phenoxy) is 1. The Morgan fingerprint density at radius 2 is 2.06 bits per heavy atom. The molecule has 0 aliphatic rings. The number of anilines is 2. The Balaban J connectivity index is 2.78. The molecular weight excluding hydrogens is 204 g/mol. The van der Waals surface area contributed by atoms with Crippen molar-refractivity contribution in [2.24, 2.45) is 0 Å². The summed E-state index contributed by atoms with van der Waals surface area (Å²) in [7, 11) is 3.54. The average Bonchev–Trinajstić information content (AvgIpc) is 2.28. The number of hydrogen-bond acceptors (Lipinski definition) is 5. The van der Waals surface area contributed by atoms with Gasteiger partial charge in [-0.2, -0.15) is 0 Å². The van der Waals surface area contributed by atoms with Gasteiger partial charge < -0.3 is 15.4 Å². The number of rotatable bonds is 6. The van der Waals surface area contributed by atoms with E-state index in [4.69, 9.17) is 4.74 Å². The summed E-state index contributed by atoms with van der Waals surface area (Å²) in [5.41, 5.74) is 0. The maximum atomic E-state index is 5.07. The molecule has 0 saturated heterocycles. The Morgan fingerprint density at radius 1 is 1.38 bits per heavy atom. The third-order valence-corrected chi connectivity index (χ3v) is 2.16. The fraction of sp³-hybridized carbons (Fsp3) is 0.636. The number of hydrogen-bond donors (Lipinski definition) is 2. The molecule has 1 aromatic rings. The Hall–Kier alpha value is -1.36. The van der Waals surface area contributed by atoms with E-state index in [1.807, 2.05) is 20.0 Å². The molecule has 0 bridgehead atoms. The Morgan fingerprint density at radius 3 is 2.62 bits per heavy atom. The normalized spacial score (nSPS) is 12.2. The monoisotopic (exact) mass is 224 g/mol. The standard InChI is InChI=1S/C11H20N4O/c1-5-9-14-10(12-3)6-11(15-9)13-8(2)7-16-4/h6,8H,5,7H2,1-4H3,(H2,12,13,14,15). The van der Waals surface area contributed by atoms with Crippen LogP contribution in [0.4, 0.5) is 11.6 Å². The van der Waals surface area contributed by atoms with E-state index in [2.05, 4.69) is 27.5 Å². The van der Waals surface area contributed by atoms with Crippen molar-refractivity contribution in [2.75, 3.05) is 31.4 Å². The van der Waals surface area contributed by atoms with Crippen molar-refractivity contribution in [3.8, 4) is 0 Å². The van der Waals surface area contributed by atoms with Gasteiger partial charge in [-0.3, -0.25) is 0 Å². The highest BCUT2D eigenvalue weighted by Crippen LogP contribution is 2.12. The summed E-state index contributed by atoms with van der Waals surface area (Å²) < 4.78 is 5.07. The second kappa shape index (κ2) is 6.27. The first-order valence-electron chi connectivity index (χ1n) is 5.50. The largest absolute Gasteiger partial charge is 0.383 e. The van der Waals surface area contributed by atoms with Crippen LogP contribution in [0.2, 0.25) is 0 Å². The minimum atomic E-state index is 0.231. The molecule has 0 fully saturated rings. The van der Waals surface area contributed by atoms with Gasteiger partial charge in [-0.1, -0.05) is 6.92 Å². The lowest BCUT2D eigenvalue weighted by Crippen LogP contribution is -2.22. The van der Waals surface area contributed by atoms with Crippen molar-refractivity contribution in [1.82, 2.24) is 9.97 Å². The van der Waals surface area contributed by atoms with Gasteiger partial charge in [-0.25, -0.2) is 9.97 Å². The third kappa shape index (κ3) is 3.66.